The maximum absolute atomic E-state index is 3.66. The largest absolute Gasteiger partial charge is 0.383 e. The molecular formula is C21H41N. The van der Waals surface area contributed by atoms with E-state index >= 15 is 0 Å². The number of hydrogen-bond acceptors (Lipinski definition) is 1. The normalized spacial score (nSPS) is 10.7. The first kappa shape index (κ1) is 21.3. The van der Waals surface area contributed by atoms with Crippen molar-refractivity contribution in [1.82, 2.24) is 5.32 Å². The van der Waals surface area contributed by atoms with Gasteiger partial charge in [-0.15, -0.1) is 0 Å². The lowest BCUT2D eigenvalue weighted by atomic mass is 9.96. The predicted octanol–water partition coefficient (Wildman–Crippen LogP) is 7.15. The third-order valence-electron chi connectivity index (χ3n) is 4.12. The second kappa shape index (κ2) is 12.8. The smallest absolute Gasteiger partial charge is 0.0360 e. The molecule has 0 fully saturated rings. The maximum atomic E-state index is 3.66. The molecule has 22 heavy (non-hydrogen) atoms. The van der Waals surface area contributed by atoms with Crippen molar-refractivity contribution in [3.05, 3.63) is 22.4 Å². The summed E-state index contributed by atoms with van der Waals surface area (Å²) in [4.78, 5) is 0. The fourth-order valence-corrected chi connectivity index (χ4v) is 2.88. The minimum absolute atomic E-state index is 0.498. The highest BCUT2D eigenvalue weighted by Crippen LogP contribution is 2.23. The molecule has 0 amide bonds. The van der Waals surface area contributed by atoms with Gasteiger partial charge >= 0.3 is 0 Å². The Morgan fingerprint density at radius 1 is 0.727 bits per heavy atom. The zero-order valence-electron chi connectivity index (χ0n) is 16.4. The Labute approximate surface area is 140 Å². The Morgan fingerprint density at radius 3 is 1.64 bits per heavy atom. The van der Waals surface area contributed by atoms with Gasteiger partial charge in [0, 0.05) is 11.7 Å². The van der Waals surface area contributed by atoms with Crippen LogP contribution in [0.15, 0.2) is 22.4 Å². The third kappa shape index (κ3) is 10.1. The van der Waals surface area contributed by atoms with Crippen molar-refractivity contribution in [1.29, 1.82) is 0 Å². The van der Waals surface area contributed by atoms with Crippen molar-refractivity contribution in [2.75, 3.05) is 0 Å². The Kier molecular flexibility index (Phi) is 12.4. The average molecular weight is 308 g/mol. The molecule has 0 saturated heterocycles. The lowest BCUT2D eigenvalue weighted by molar-refractivity contribution is 0.572. The summed E-state index contributed by atoms with van der Waals surface area (Å²) in [5.74, 6) is 0. The molecule has 0 atom stereocenters. The van der Waals surface area contributed by atoms with Gasteiger partial charge in [0.25, 0.3) is 0 Å². The molecule has 0 unspecified atom stereocenters. The summed E-state index contributed by atoms with van der Waals surface area (Å²) in [6.07, 6.45) is 12.4. The molecule has 0 rings (SSSR count). The summed E-state index contributed by atoms with van der Waals surface area (Å²) in [5.41, 5.74) is 5.80. The van der Waals surface area contributed by atoms with Crippen molar-refractivity contribution in [3.8, 4) is 0 Å². The van der Waals surface area contributed by atoms with Crippen LogP contribution in [-0.4, -0.2) is 6.04 Å². The van der Waals surface area contributed by atoms with E-state index < -0.39 is 0 Å². The van der Waals surface area contributed by atoms with E-state index in [1.54, 1.807) is 5.57 Å². The summed E-state index contributed by atoms with van der Waals surface area (Å²) in [6.45, 7) is 15.7. The molecule has 1 heteroatoms. The standard InChI is InChI=1S/C21H41N/c1-8-9-10-11-12-13-14-15-16-20(17(2)3)21(18(4)5)22-19(6)7/h19,22H,8-16H2,1-7H3. The lowest BCUT2D eigenvalue weighted by Gasteiger charge is -2.21. The summed E-state index contributed by atoms with van der Waals surface area (Å²) < 4.78 is 0. The molecule has 0 aliphatic carbocycles. The van der Waals surface area contributed by atoms with Crippen LogP contribution in [0.2, 0.25) is 0 Å². The van der Waals surface area contributed by atoms with Crippen LogP contribution in [0.4, 0.5) is 0 Å². The Hall–Kier alpha value is -0.720. The summed E-state index contributed by atoms with van der Waals surface area (Å²) in [7, 11) is 0. The van der Waals surface area contributed by atoms with E-state index in [9.17, 15) is 0 Å². The predicted molar refractivity (Wildman–Crippen MR) is 102 cm³/mol. The van der Waals surface area contributed by atoms with E-state index in [1.165, 1.54) is 74.6 Å². The molecule has 0 spiro atoms. The quantitative estimate of drug-likeness (QED) is 0.298. The van der Waals surface area contributed by atoms with Crippen LogP contribution in [-0.2, 0) is 0 Å². The zero-order valence-corrected chi connectivity index (χ0v) is 16.4. The van der Waals surface area contributed by atoms with Gasteiger partial charge in [-0.2, -0.15) is 0 Å². The van der Waals surface area contributed by atoms with Crippen molar-refractivity contribution in [3.63, 3.8) is 0 Å². The molecule has 0 bridgehead atoms. The molecule has 0 saturated carbocycles. The number of unbranched alkanes of at least 4 members (excludes halogenated alkanes) is 7. The molecule has 0 aliphatic heterocycles. The summed E-state index contributed by atoms with van der Waals surface area (Å²) in [6, 6.07) is 0.498. The van der Waals surface area contributed by atoms with Gasteiger partial charge < -0.3 is 5.32 Å². The van der Waals surface area contributed by atoms with Gasteiger partial charge in [-0.05, 0) is 60.0 Å². The second-order valence-electron chi connectivity index (χ2n) is 7.38. The molecular weight excluding hydrogens is 266 g/mol. The maximum Gasteiger partial charge on any atom is 0.0360 e. The fraction of sp³-hybridized carbons (Fsp3) is 0.810. The molecule has 1 N–H and O–H groups in total. The Balaban J connectivity index is 4.27. The van der Waals surface area contributed by atoms with E-state index in [2.05, 4.69) is 53.8 Å². The van der Waals surface area contributed by atoms with Crippen molar-refractivity contribution < 1.29 is 0 Å². The highest BCUT2D eigenvalue weighted by atomic mass is 14.9. The topological polar surface area (TPSA) is 12.0 Å². The first-order valence-electron chi connectivity index (χ1n) is 9.50. The molecule has 0 aliphatic rings. The van der Waals surface area contributed by atoms with Crippen LogP contribution in [0.25, 0.3) is 0 Å². The van der Waals surface area contributed by atoms with Crippen molar-refractivity contribution >= 4 is 0 Å². The van der Waals surface area contributed by atoms with Crippen LogP contribution in [0.5, 0.6) is 0 Å². The summed E-state index contributed by atoms with van der Waals surface area (Å²) >= 11 is 0. The second-order valence-corrected chi connectivity index (χ2v) is 7.38. The van der Waals surface area contributed by atoms with Crippen LogP contribution >= 0.6 is 0 Å². The fourth-order valence-electron chi connectivity index (χ4n) is 2.88. The molecule has 130 valence electrons. The third-order valence-corrected chi connectivity index (χ3v) is 4.12. The van der Waals surface area contributed by atoms with Crippen LogP contribution in [0, 0.1) is 0 Å². The summed E-state index contributed by atoms with van der Waals surface area (Å²) in [5, 5.41) is 3.66. The minimum atomic E-state index is 0.498. The monoisotopic (exact) mass is 307 g/mol. The number of allylic oxidation sites excluding steroid dienone is 3. The average Bonchev–Trinajstić information content (AvgIpc) is 2.43. The van der Waals surface area contributed by atoms with E-state index in [1.807, 2.05) is 0 Å². The van der Waals surface area contributed by atoms with Crippen LogP contribution < -0.4 is 5.32 Å². The Bertz CT molecular complexity index is 339. The van der Waals surface area contributed by atoms with E-state index in [0.29, 0.717) is 6.04 Å². The van der Waals surface area contributed by atoms with Gasteiger partial charge in [0.2, 0.25) is 0 Å². The van der Waals surface area contributed by atoms with Crippen LogP contribution in [0.3, 0.4) is 0 Å². The zero-order chi connectivity index (χ0) is 17.0. The highest BCUT2D eigenvalue weighted by Gasteiger charge is 2.10. The lowest BCUT2D eigenvalue weighted by Crippen LogP contribution is -2.24. The molecule has 0 radical (unpaired) electrons. The van der Waals surface area contributed by atoms with Gasteiger partial charge in [0.1, 0.15) is 0 Å². The van der Waals surface area contributed by atoms with Crippen molar-refractivity contribution in [2.45, 2.75) is 112 Å². The Morgan fingerprint density at radius 2 is 1.23 bits per heavy atom. The molecule has 0 aromatic rings. The van der Waals surface area contributed by atoms with E-state index in [0.717, 1.165) is 0 Å². The van der Waals surface area contributed by atoms with Gasteiger partial charge in [0.05, 0.1) is 0 Å². The molecule has 1 nitrogen and oxygen atoms in total. The van der Waals surface area contributed by atoms with Gasteiger partial charge in [-0.1, -0.05) is 63.0 Å². The van der Waals surface area contributed by atoms with E-state index in [4.69, 9.17) is 0 Å². The number of nitrogens with one attached hydrogen (secondary N) is 1. The molecule has 0 aromatic carbocycles. The van der Waals surface area contributed by atoms with Gasteiger partial charge in [0.15, 0.2) is 0 Å². The number of rotatable bonds is 12. The molecule has 0 aromatic heterocycles. The highest BCUT2D eigenvalue weighted by molar-refractivity contribution is 5.35. The van der Waals surface area contributed by atoms with Gasteiger partial charge in [-0.3, -0.25) is 0 Å². The SMILES string of the molecule is CCCCCCCCCCC(=C(C)C)C(NC(C)C)=C(C)C. The first-order valence-corrected chi connectivity index (χ1v) is 9.50. The van der Waals surface area contributed by atoms with Crippen LogP contribution in [0.1, 0.15) is 106 Å². The van der Waals surface area contributed by atoms with Crippen molar-refractivity contribution in [2.24, 2.45) is 0 Å². The minimum Gasteiger partial charge on any atom is -0.383 e. The molecule has 0 heterocycles. The number of hydrogen-bond donors (Lipinski definition) is 1. The first-order chi connectivity index (χ1) is 10.4. The van der Waals surface area contributed by atoms with Gasteiger partial charge in [-0.25, -0.2) is 0 Å². The van der Waals surface area contributed by atoms with E-state index in [-0.39, 0.29) is 0 Å².